The van der Waals surface area contributed by atoms with Gasteiger partial charge in [0.2, 0.25) is 0 Å². The highest BCUT2D eigenvalue weighted by Gasteiger charge is 2.17. The standard InChI is InChI=1S/C13H15ClFN3/c1-7(2)6-9-12(17-18-13(9)16)8-4-3-5-10(14)11(8)15/h3-5,7H,6H2,1-2H3,(H3,16,17,18). The van der Waals surface area contributed by atoms with E-state index in [4.69, 9.17) is 17.3 Å². The van der Waals surface area contributed by atoms with Crippen LogP contribution >= 0.6 is 11.6 Å². The van der Waals surface area contributed by atoms with Crippen molar-refractivity contribution in [2.24, 2.45) is 5.92 Å². The molecule has 0 radical (unpaired) electrons. The molecule has 5 heteroatoms. The molecular formula is C13H15ClFN3. The van der Waals surface area contributed by atoms with Crippen molar-refractivity contribution in [1.82, 2.24) is 10.2 Å². The number of aromatic amines is 1. The average molecular weight is 268 g/mol. The summed E-state index contributed by atoms with van der Waals surface area (Å²) in [7, 11) is 0. The molecule has 0 aliphatic heterocycles. The van der Waals surface area contributed by atoms with Crippen LogP contribution in [0.1, 0.15) is 19.4 Å². The number of hydrogen-bond donors (Lipinski definition) is 2. The molecule has 0 aliphatic carbocycles. The molecule has 0 aliphatic rings. The van der Waals surface area contributed by atoms with Crippen LogP contribution in [0.25, 0.3) is 11.3 Å². The molecule has 0 atom stereocenters. The van der Waals surface area contributed by atoms with Crippen molar-refractivity contribution in [1.29, 1.82) is 0 Å². The molecule has 18 heavy (non-hydrogen) atoms. The van der Waals surface area contributed by atoms with Crippen LogP contribution < -0.4 is 5.73 Å². The molecule has 1 aromatic heterocycles. The fourth-order valence-corrected chi connectivity index (χ4v) is 2.09. The van der Waals surface area contributed by atoms with E-state index in [1.807, 2.05) is 0 Å². The minimum absolute atomic E-state index is 0.0937. The first-order valence-corrected chi connectivity index (χ1v) is 6.15. The Morgan fingerprint density at radius 3 is 2.83 bits per heavy atom. The third-order valence-corrected chi connectivity index (χ3v) is 3.02. The van der Waals surface area contributed by atoms with Gasteiger partial charge in [0.05, 0.1) is 10.7 Å². The zero-order valence-corrected chi connectivity index (χ0v) is 11.1. The molecule has 0 bridgehead atoms. The first kappa shape index (κ1) is 12.9. The number of anilines is 1. The fraction of sp³-hybridized carbons (Fsp3) is 0.308. The van der Waals surface area contributed by atoms with E-state index < -0.39 is 5.82 Å². The molecule has 96 valence electrons. The number of aromatic nitrogens is 2. The van der Waals surface area contributed by atoms with Gasteiger partial charge in [-0.2, -0.15) is 5.10 Å². The van der Waals surface area contributed by atoms with Crippen LogP contribution in [0.5, 0.6) is 0 Å². The molecule has 0 saturated carbocycles. The fourth-order valence-electron chi connectivity index (χ4n) is 1.91. The molecular weight excluding hydrogens is 253 g/mol. The maximum Gasteiger partial charge on any atom is 0.151 e. The number of nitrogens with two attached hydrogens (primary N) is 1. The number of benzene rings is 1. The monoisotopic (exact) mass is 267 g/mol. The van der Waals surface area contributed by atoms with Gasteiger partial charge in [0.25, 0.3) is 0 Å². The Kier molecular flexibility index (Phi) is 3.57. The van der Waals surface area contributed by atoms with Gasteiger partial charge in [-0.3, -0.25) is 5.10 Å². The number of nitrogens with zero attached hydrogens (tertiary/aromatic N) is 1. The van der Waals surface area contributed by atoms with Gasteiger partial charge in [-0.25, -0.2) is 4.39 Å². The summed E-state index contributed by atoms with van der Waals surface area (Å²) in [6, 6.07) is 4.89. The van der Waals surface area contributed by atoms with E-state index in [-0.39, 0.29) is 5.02 Å². The van der Waals surface area contributed by atoms with Crippen molar-refractivity contribution in [2.75, 3.05) is 5.73 Å². The second kappa shape index (κ2) is 4.98. The largest absolute Gasteiger partial charge is 0.382 e. The van der Waals surface area contributed by atoms with Crippen LogP contribution in [0.2, 0.25) is 5.02 Å². The zero-order valence-electron chi connectivity index (χ0n) is 10.3. The molecule has 1 heterocycles. The predicted molar refractivity (Wildman–Crippen MR) is 71.9 cm³/mol. The smallest absolute Gasteiger partial charge is 0.151 e. The van der Waals surface area contributed by atoms with Crippen LogP contribution in [-0.2, 0) is 6.42 Å². The number of H-pyrrole nitrogens is 1. The summed E-state index contributed by atoms with van der Waals surface area (Å²) in [4.78, 5) is 0. The van der Waals surface area contributed by atoms with E-state index >= 15 is 0 Å². The van der Waals surface area contributed by atoms with Gasteiger partial charge in [-0.05, 0) is 24.5 Å². The third-order valence-electron chi connectivity index (χ3n) is 2.73. The summed E-state index contributed by atoms with van der Waals surface area (Å²) in [6.07, 6.45) is 0.740. The predicted octanol–water partition coefficient (Wildman–Crippen LogP) is 3.65. The molecule has 1 aromatic carbocycles. The van der Waals surface area contributed by atoms with Crippen molar-refractivity contribution in [3.8, 4) is 11.3 Å². The minimum atomic E-state index is -0.451. The Hall–Kier alpha value is -1.55. The number of halogens is 2. The lowest BCUT2D eigenvalue weighted by atomic mass is 9.99. The highest BCUT2D eigenvalue weighted by molar-refractivity contribution is 6.31. The van der Waals surface area contributed by atoms with Crippen molar-refractivity contribution < 1.29 is 4.39 Å². The maximum atomic E-state index is 14.0. The van der Waals surface area contributed by atoms with Crippen LogP contribution in [0, 0.1) is 11.7 Å². The molecule has 2 aromatic rings. The van der Waals surface area contributed by atoms with E-state index in [0.29, 0.717) is 23.0 Å². The van der Waals surface area contributed by atoms with Crippen LogP contribution in [0.3, 0.4) is 0 Å². The second-order valence-electron chi connectivity index (χ2n) is 4.66. The summed E-state index contributed by atoms with van der Waals surface area (Å²) in [5, 5.41) is 6.84. The Morgan fingerprint density at radius 2 is 2.17 bits per heavy atom. The molecule has 0 spiro atoms. The van der Waals surface area contributed by atoms with Crippen molar-refractivity contribution in [3.63, 3.8) is 0 Å². The molecule has 0 saturated heterocycles. The normalized spacial score (nSPS) is 11.2. The lowest BCUT2D eigenvalue weighted by Crippen LogP contribution is -1.99. The Morgan fingerprint density at radius 1 is 1.44 bits per heavy atom. The summed E-state index contributed by atoms with van der Waals surface area (Å²) in [6.45, 7) is 4.15. The van der Waals surface area contributed by atoms with Gasteiger partial charge >= 0.3 is 0 Å². The highest BCUT2D eigenvalue weighted by atomic mass is 35.5. The van der Waals surface area contributed by atoms with E-state index in [0.717, 1.165) is 12.0 Å². The number of rotatable bonds is 3. The van der Waals surface area contributed by atoms with Crippen LogP contribution in [0.4, 0.5) is 10.2 Å². The lowest BCUT2D eigenvalue weighted by Gasteiger charge is -2.08. The maximum absolute atomic E-state index is 14.0. The summed E-state index contributed by atoms with van der Waals surface area (Å²) < 4.78 is 14.0. The molecule has 0 amide bonds. The Bertz CT molecular complexity index is 563. The summed E-state index contributed by atoms with van der Waals surface area (Å²) >= 11 is 5.79. The Labute approximate surface area is 110 Å². The second-order valence-corrected chi connectivity index (χ2v) is 5.07. The van der Waals surface area contributed by atoms with E-state index in [2.05, 4.69) is 24.0 Å². The first-order valence-electron chi connectivity index (χ1n) is 5.77. The first-order chi connectivity index (χ1) is 8.50. The summed E-state index contributed by atoms with van der Waals surface area (Å²) in [5.41, 5.74) is 7.67. The van der Waals surface area contributed by atoms with Crippen molar-refractivity contribution in [2.45, 2.75) is 20.3 Å². The van der Waals surface area contributed by atoms with Crippen LogP contribution in [0.15, 0.2) is 18.2 Å². The highest BCUT2D eigenvalue weighted by Crippen LogP contribution is 2.31. The van der Waals surface area contributed by atoms with Gasteiger partial charge in [0.15, 0.2) is 5.82 Å². The van der Waals surface area contributed by atoms with Gasteiger partial charge in [0, 0.05) is 11.1 Å². The molecule has 3 N–H and O–H groups in total. The molecule has 0 unspecified atom stereocenters. The SMILES string of the molecule is CC(C)Cc1c(N)n[nH]c1-c1cccc(Cl)c1F. The van der Waals surface area contributed by atoms with Crippen molar-refractivity contribution >= 4 is 17.4 Å². The lowest BCUT2D eigenvalue weighted by molar-refractivity contribution is 0.628. The third kappa shape index (κ3) is 2.34. The van der Waals surface area contributed by atoms with E-state index in [1.54, 1.807) is 12.1 Å². The zero-order chi connectivity index (χ0) is 13.3. The van der Waals surface area contributed by atoms with Gasteiger partial charge in [-0.15, -0.1) is 0 Å². The van der Waals surface area contributed by atoms with E-state index in [9.17, 15) is 4.39 Å². The van der Waals surface area contributed by atoms with Gasteiger partial charge in [0.1, 0.15) is 5.82 Å². The minimum Gasteiger partial charge on any atom is -0.382 e. The Balaban J connectivity index is 2.54. The molecule has 3 nitrogen and oxygen atoms in total. The molecule has 2 rings (SSSR count). The van der Waals surface area contributed by atoms with Gasteiger partial charge < -0.3 is 5.73 Å². The quantitative estimate of drug-likeness (QED) is 0.892. The summed E-state index contributed by atoms with van der Waals surface area (Å²) in [5.74, 6) is 0.372. The molecule has 0 fully saturated rings. The number of nitrogens with one attached hydrogen (secondary N) is 1. The van der Waals surface area contributed by atoms with Crippen LogP contribution in [-0.4, -0.2) is 10.2 Å². The number of hydrogen-bond acceptors (Lipinski definition) is 2. The van der Waals surface area contributed by atoms with E-state index in [1.165, 1.54) is 6.07 Å². The van der Waals surface area contributed by atoms with Gasteiger partial charge in [-0.1, -0.05) is 31.5 Å². The number of nitrogen functional groups attached to an aromatic ring is 1. The van der Waals surface area contributed by atoms with Crippen molar-refractivity contribution in [3.05, 3.63) is 34.6 Å². The average Bonchev–Trinajstić information content (AvgIpc) is 2.64. The topological polar surface area (TPSA) is 54.7 Å².